The van der Waals surface area contributed by atoms with Crippen LogP contribution >= 0.6 is 23.8 Å². The molecule has 0 radical (unpaired) electrons. The maximum absolute atomic E-state index is 6.07. The van der Waals surface area contributed by atoms with Gasteiger partial charge in [-0.2, -0.15) is 5.10 Å². The Morgan fingerprint density at radius 3 is 2.63 bits per heavy atom. The van der Waals surface area contributed by atoms with E-state index in [9.17, 15) is 0 Å². The highest BCUT2D eigenvalue weighted by Gasteiger charge is 2.13. The number of thiocarbonyl (C=S) groups is 1. The zero-order valence-corrected chi connectivity index (χ0v) is 17.4. The third-order valence-corrected chi connectivity index (χ3v) is 4.66. The third kappa shape index (κ3) is 4.94. The molecule has 4 aromatic rings. The van der Waals surface area contributed by atoms with Gasteiger partial charge in [0.2, 0.25) is 0 Å². The van der Waals surface area contributed by atoms with Crippen molar-refractivity contribution in [2.24, 2.45) is 0 Å². The molecule has 0 saturated carbocycles. The Bertz CT molecular complexity index is 1150. The van der Waals surface area contributed by atoms with Crippen molar-refractivity contribution in [2.45, 2.75) is 0 Å². The molecule has 0 bridgehead atoms. The molecule has 2 heterocycles. The summed E-state index contributed by atoms with van der Waals surface area (Å²) in [7, 11) is 0. The standard InChI is InChI=1S/C20H19ClN8S/c21-13-5-4-8-15(11-13)26-17-16-18(28-29-19(16)25-12-24-17)22-9-10-23-20(30)27-14-6-2-1-3-7-14/h1-8,11-12H,9-10H2,(H2,23,27,30)(H3,22,24,25,26,28,29). The van der Waals surface area contributed by atoms with Gasteiger partial charge in [0.1, 0.15) is 17.5 Å². The number of rotatable bonds is 7. The summed E-state index contributed by atoms with van der Waals surface area (Å²) >= 11 is 11.4. The van der Waals surface area contributed by atoms with Crippen molar-refractivity contribution in [1.82, 2.24) is 25.5 Å². The molecule has 0 aliphatic heterocycles. The van der Waals surface area contributed by atoms with Crippen molar-refractivity contribution >= 4 is 63.0 Å². The summed E-state index contributed by atoms with van der Waals surface area (Å²) in [6, 6.07) is 17.2. The van der Waals surface area contributed by atoms with Crippen LogP contribution in [0.15, 0.2) is 60.9 Å². The van der Waals surface area contributed by atoms with E-state index in [0.29, 0.717) is 40.5 Å². The Morgan fingerprint density at radius 2 is 1.80 bits per heavy atom. The van der Waals surface area contributed by atoms with E-state index in [1.54, 1.807) is 0 Å². The molecule has 0 aliphatic rings. The number of halogens is 1. The van der Waals surface area contributed by atoms with E-state index in [4.69, 9.17) is 23.8 Å². The first-order valence-corrected chi connectivity index (χ1v) is 10.0. The highest BCUT2D eigenvalue weighted by molar-refractivity contribution is 7.80. The number of hydrogen-bond acceptors (Lipinski definition) is 6. The lowest BCUT2D eigenvalue weighted by Crippen LogP contribution is -2.32. The summed E-state index contributed by atoms with van der Waals surface area (Å²) in [6.45, 7) is 1.21. The monoisotopic (exact) mass is 438 g/mol. The van der Waals surface area contributed by atoms with Crippen LogP contribution in [0, 0.1) is 0 Å². The van der Waals surface area contributed by atoms with Crippen molar-refractivity contribution in [3.05, 3.63) is 65.9 Å². The lowest BCUT2D eigenvalue weighted by atomic mass is 10.3. The Labute approximate surface area is 183 Å². The lowest BCUT2D eigenvalue weighted by molar-refractivity contribution is 0.908. The van der Waals surface area contributed by atoms with Gasteiger partial charge in [0.05, 0.1) is 0 Å². The number of aromatic nitrogens is 4. The SMILES string of the molecule is S=C(NCCNc1n[nH]c2ncnc(Nc3cccc(Cl)c3)c12)Nc1ccccc1. The van der Waals surface area contributed by atoms with Gasteiger partial charge in [0, 0.05) is 29.5 Å². The molecule has 2 aromatic heterocycles. The molecule has 10 heteroatoms. The first kappa shape index (κ1) is 19.9. The van der Waals surface area contributed by atoms with Crippen LogP contribution in [0.1, 0.15) is 0 Å². The molecule has 30 heavy (non-hydrogen) atoms. The second kappa shape index (κ2) is 9.38. The molecule has 0 aliphatic carbocycles. The number of aromatic amines is 1. The number of hydrogen-bond donors (Lipinski definition) is 5. The van der Waals surface area contributed by atoms with Crippen molar-refractivity contribution in [2.75, 3.05) is 29.0 Å². The molecule has 4 rings (SSSR count). The number of nitrogens with one attached hydrogen (secondary N) is 5. The summed E-state index contributed by atoms with van der Waals surface area (Å²) in [6.07, 6.45) is 1.48. The molecule has 152 valence electrons. The first-order chi connectivity index (χ1) is 14.7. The van der Waals surface area contributed by atoms with Crippen molar-refractivity contribution in [3.63, 3.8) is 0 Å². The van der Waals surface area contributed by atoms with Gasteiger partial charge in [-0.3, -0.25) is 5.10 Å². The second-order valence-corrected chi connectivity index (χ2v) is 7.17. The average molecular weight is 439 g/mol. The molecule has 0 atom stereocenters. The molecule has 0 saturated heterocycles. The molecule has 0 spiro atoms. The van der Waals surface area contributed by atoms with Gasteiger partial charge in [-0.15, -0.1) is 0 Å². The number of benzene rings is 2. The third-order valence-electron chi connectivity index (χ3n) is 4.18. The van der Waals surface area contributed by atoms with Gasteiger partial charge in [-0.25, -0.2) is 9.97 Å². The molecule has 0 fully saturated rings. The minimum absolute atomic E-state index is 0.557. The van der Waals surface area contributed by atoms with Crippen LogP contribution in [0.4, 0.5) is 23.0 Å². The van der Waals surface area contributed by atoms with Gasteiger partial charge in [-0.1, -0.05) is 35.9 Å². The van der Waals surface area contributed by atoms with E-state index in [1.165, 1.54) is 6.33 Å². The van der Waals surface area contributed by atoms with Crippen molar-refractivity contribution < 1.29 is 0 Å². The van der Waals surface area contributed by atoms with Gasteiger partial charge in [0.15, 0.2) is 16.6 Å². The highest BCUT2D eigenvalue weighted by atomic mass is 35.5. The van der Waals surface area contributed by atoms with Crippen LogP contribution in [-0.2, 0) is 0 Å². The average Bonchev–Trinajstić information content (AvgIpc) is 3.16. The topological polar surface area (TPSA) is 103 Å². The van der Waals surface area contributed by atoms with E-state index in [-0.39, 0.29) is 0 Å². The molecule has 0 amide bonds. The normalized spacial score (nSPS) is 10.6. The van der Waals surface area contributed by atoms with Gasteiger partial charge < -0.3 is 21.3 Å². The van der Waals surface area contributed by atoms with Crippen molar-refractivity contribution in [3.8, 4) is 0 Å². The van der Waals surface area contributed by atoms with Gasteiger partial charge >= 0.3 is 0 Å². The minimum Gasteiger partial charge on any atom is -0.366 e. The fourth-order valence-corrected chi connectivity index (χ4v) is 3.25. The summed E-state index contributed by atoms with van der Waals surface area (Å²) in [4.78, 5) is 8.60. The van der Waals surface area contributed by atoms with Crippen LogP contribution in [0.25, 0.3) is 11.0 Å². The molecule has 5 N–H and O–H groups in total. The van der Waals surface area contributed by atoms with Crippen molar-refractivity contribution in [1.29, 1.82) is 0 Å². The predicted molar refractivity (Wildman–Crippen MR) is 126 cm³/mol. The Kier molecular flexibility index (Phi) is 6.21. The summed E-state index contributed by atoms with van der Waals surface area (Å²) in [5.41, 5.74) is 2.40. The zero-order chi connectivity index (χ0) is 20.8. The van der Waals surface area contributed by atoms with Crippen LogP contribution < -0.4 is 21.3 Å². The number of nitrogens with zero attached hydrogens (tertiary/aromatic N) is 3. The smallest absolute Gasteiger partial charge is 0.170 e. The Hall–Kier alpha value is -3.43. The second-order valence-electron chi connectivity index (χ2n) is 6.33. The lowest BCUT2D eigenvalue weighted by Gasteiger charge is -2.11. The number of H-pyrrole nitrogens is 1. The summed E-state index contributed by atoms with van der Waals surface area (Å²) in [5.74, 6) is 1.28. The Morgan fingerprint density at radius 1 is 0.967 bits per heavy atom. The van der Waals surface area contributed by atoms with Crippen LogP contribution in [0.3, 0.4) is 0 Å². The minimum atomic E-state index is 0.557. The van der Waals surface area contributed by atoms with E-state index in [1.807, 2.05) is 54.6 Å². The van der Waals surface area contributed by atoms with Gasteiger partial charge in [-0.05, 0) is 42.5 Å². The number of anilines is 4. The van der Waals surface area contributed by atoms with Crippen LogP contribution in [0.5, 0.6) is 0 Å². The van der Waals surface area contributed by atoms with Crippen LogP contribution in [0.2, 0.25) is 5.02 Å². The number of para-hydroxylation sites is 1. The molecule has 2 aromatic carbocycles. The van der Waals surface area contributed by atoms with Crippen LogP contribution in [-0.4, -0.2) is 38.4 Å². The van der Waals surface area contributed by atoms with E-state index >= 15 is 0 Å². The summed E-state index contributed by atoms with van der Waals surface area (Å²) in [5, 5.41) is 22.1. The van der Waals surface area contributed by atoms with E-state index < -0.39 is 0 Å². The number of fused-ring (bicyclic) bond motifs is 1. The highest BCUT2D eigenvalue weighted by Crippen LogP contribution is 2.28. The fraction of sp³-hybridized carbons (Fsp3) is 0.100. The van der Waals surface area contributed by atoms with E-state index in [2.05, 4.69) is 41.4 Å². The van der Waals surface area contributed by atoms with Gasteiger partial charge in [0.25, 0.3) is 0 Å². The molecule has 8 nitrogen and oxygen atoms in total. The summed E-state index contributed by atoms with van der Waals surface area (Å²) < 4.78 is 0. The Balaban J connectivity index is 1.38. The first-order valence-electron chi connectivity index (χ1n) is 9.24. The van der Waals surface area contributed by atoms with E-state index in [0.717, 1.165) is 16.8 Å². The largest absolute Gasteiger partial charge is 0.366 e. The maximum atomic E-state index is 6.07. The molecular weight excluding hydrogens is 420 g/mol. The molecular formula is C20H19ClN8S. The predicted octanol–water partition coefficient (Wildman–Crippen LogP) is 4.15. The zero-order valence-electron chi connectivity index (χ0n) is 15.8. The molecule has 0 unspecified atom stereocenters. The fourth-order valence-electron chi connectivity index (χ4n) is 2.84. The quantitative estimate of drug-likeness (QED) is 0.216. The maximum Gasteiger partial charge on any atom is 0.170 e.